The van der Waals surface area contributed by atoms with Gasteiger partial charge >= 0.3 is 0 Å². The number of benzene rings is 1. The van der Waals surface area contributed by atoms with Crippen LogP contribution < -0.4 is 10.6 Å². The van der Waals surface area contributed by atoms with Crippen molar-refractivity contribution in [3.8, 4) is 0 Å². The topological polar surface area (TPSA) is 61.4 Å². The molecule has 2 saturated heterocycles. The van der Waals surface area contributed by atoms with Crippen LogP contribution in [0.4, 0.5) is 0 Å². The normalized spacial score (nSPS) is 19.2. The number of rotatable bonds is 7. The van der Waals surface area contributed by atoms with Gasteiger partial charge in [-0.1, -0.05) is 12.1 Å². The highest BCUT2D eigenvalue weighted by Gasteiger charge is 2.19. The molecule has 2 aliphatic rings. The molecule has 144 valence electrons. The Morgan fingerprint density at radius 2 is 2.00 bits per heavy atom. The fraction of sp³-hybridized carbons (Fsp3) is 0.579. The largest absolute Gasteiger partial charge is 0.352 e. The Morgan fingerprint density at radius 1 is 1.23 bits per heavy atom. The van der Waals surface area contributed by atoms with Crippen molar-refractivity contribution < 1.29 is 9.59 Å². The lowest BCUT2D eigenvalue weighted by Gasteiger charge is -2.15. The fourth-order valence-corrected chi connectivity index (χ4v) is 4.38. The third-order valence-electron chi connectivity index (χ3n) is 4.94. The minimum atomic E-state index is -0.0392. The standard InChI is InChI=1S/C19H27N3O2S.ClH/c23-18(22-11-3-4-12-22)14-25-17-6-2-1-5-16(17)19(24)21-10-8-15-7-9-20-13-15;/h1-2,5-6,15,20H,3-4,7-14H2,(H,21,24);1H. The summed E-state index contributed by atoms with van der Waals surface area (Å²) in [7, 11) is 0. The summed E-state index contributed by atoms with van der Waals surface area (Å²) < 4.78 is 0. The first-order chi connectivity index (χ1) is 12.2. The van der Waals surface area contributed by atoms with E-state index in [-0.39, 0.29) is 24.2 Å². The maximum absolute atomic E-state index is 12.5. The van der Waals surface area contributed by atoms with Crippen LogP contribution in [0.2, 0.25) is 0 Å². The van der Waals surface area contributed by atoms with E-state index in [1.807, 2.05) is 29.2 Å². The Bertz CT molecular complexity index is 602. The second-order valence-electron chi connectivity index (χ2n) is 6.78. The van der Waals surface area contributed by atoms with Gasteiger partial charge in [-0.3, -0.25) is 9.59 Å². The summed E-state index contributed by atoms with van der Waals surface area (Å²) in [5, 5.41) is 6.38. The monoisotopic (exact) mass is 397 g/mol. The summed E-state index contributed by atoms with van der Waals surface area (Å²) in [5.41, 5.74) is 0.672. The van der Waals surface area contributed by atoms with E-state index in [1.54, 1.807) is 0 Å². The molecule has 0 radical (unpaired) electrons. The molecule has 26 heavy (non-hydrogen) atoms. The molecule has 2 aliphatic heterocycles. The third-order valence-corrected chi connectivity index (χ3v) is 6.00. The average molecular weight is 398 g/mol. The number of nitrogens with one attached hydrogen (secondary N) is 2. The van der Waals surface area contributed by atoms with Gasteiger partial charge in [-0.05, 0) is 56.8 Å². The molecule has 1 aromatic carbocycles. The minimum absolute atomic E-state index is 0. The van der Waals surface area contributed by atoms with Gasteiger partial charge in [0.2, 0.25) is 5.91 Å². The molecule has 0 aromatic heterocycles. The van der Waals surface area contributed by atoms with Gasteiger partial charge in [-0.15, -0.1) is 24.2 Å². The smallest absolute Gasteiger partial charge is 0.252 e. The van der Waals surface area contributed by atoms with E-state index in [2.05, 4.69) is 10.6 Å². The molecular weight excluding hydrogens is 370 g/mol. The summed E-state index contributed by atoms with van der Waals surface area (Å²) in [5.74, 6) is 1.20. The van der Waals surface area contributed by atoms with Gasteiger partial charge < -0.3 is 15.5 Å². The van der Waals surface area contributed by atoms with E-state index < -0.39 is 0 Å². The molecule has 7 heteroatoms. The SMILES string of the molecule is Cl.O=C(NCCC1CCNC1)c1ccccc1SCC(=O)N1CCCC1. The van der Waals surface area contributed by atoms with Crippen molar-refractivity contribution >= 4 is 36.0 Å². The summed E-state index contributed by atoms with van der Waals surface area (Å²) >= 11 is 1.47. The molecule has 3 rings (SSSR count). The molecule has 2 fully saturated rings. The lowest BCUT2D eigenvalue weighted by molar-refractivity contribution is -0.127. The third kappa shape index (κ3) is 5.89. The molecule has 0 saturated carbocycles. The van der Waals surface area contributed by atoms with E-state index in [9.17, 15) is 9.59 Å². The Morgan fingerprint density at radius 3 is 2.73 bits per heavy atom. The van der Waals surface area contributed by atoms with Crippen LogP contribution in [0.3, 0.4) is 0 Å². The maximum atomic E-state index is 12.5. The van der Waals surface area contributed by atoms with Crippen molar-refractivity contribution in [3.05, 3.63) is 29.8 Å². The van der Waals surface area contributed by atoms with Gasteiger partial charge in [0.15, 0.2) is 0 Å². The Kier molecular flexibility index (Phi) is 8.75. The predicted octanol–water partition coefficient (Wildman–Crippen LogP) is 2.55. The molecule has 0 bridgehead atoms. The van der Waals surface area contributed by atoms with Crippen LogP contribution in [0.1, 0.15) is 36.0 Å². The molecule has 1 unspecified atom stereocenters. The zero-order valence-electron chi connectivity index (χ0n) is 15.0. The van der Waals surface area contributed by atoms with E-state index in [1.165, 1.54) is 18.2 Å². The summed E-state index contributed by atoms with van der Waals surface area (Å²) in [6.45, 7) is 4.59. The number of thioether (sulfide) groups is 1. The van der Waals surface area contributed by atoms with Gasteiger partial charge in [0.05, 0.1) is 11.3 Å². The van der Waals surface area contributed by atoms with E-state index in [0.717, 1.165) is 50.3 Å². The average Bonchev–Trinajstić information content (AvgIpc) is 3.33. The molecule has 2 heterocycles. The van der Waals surface area contributed by atoms with Gasteiger partial charge in [0.25, 0.3) is 5.91 Å². The molecule has 2 N–H and O–H groups in total. The summed E-state index contributed by atoms with van der Waals surface area (Å²) in [6, 6.07) is 7.57. The van der Waals surface area contributed by atoms with E-state index in [4.69, 9.17) is 0 Å². The number of carbonyl (C=O) groups excluding carboxylic acids is 2. The molecule has 5 nitrogen and oxygen atoms in total. The number of hydrogen-bond donors (Lipinski definition) is 2. The van der Waals surface area contributed by atoms with Crippen LogP contribution in [0.5, 0.6) is 0 Å². The molecule has 1 aromatic rings. The van der Waals surface area contributed by atoms with Crippen molar-refractivity contribution in [3.63, 3.8) is 0 Å². The van der Waals surface area contributed by atoms with Crippen LogP contribution in [-0.4, -0.2) is 55.2 Å². The Labute approximate surface area is 166 Å². The second kappa shape index (κ2) is 10.8. The molecule has 2 amide bonds. The van der Waals surface area contributed by atoms with E-state index >= 15 is 0 Å². The highest BCUT2D eigenvalue weighted by molar-refractivity contribution is 8.00. The van der Waals surface area contributed by atoms with Gasteiger partial charge in [-0.25, -0.2) is 0 Å². The molecule has 0 spiro atoms. The van der Waals surface area contributed by atoms with Crippen molar-refractivity contribution in [2.24, 2.45) is 5.92 Å². The van der Waals surface area contributed by atoms with E-state index in [0.29, 0.717) is 23.8 Å². The minimum Gasteiger partial charge on any atom is -0.352 e. The van der Waals surface area contributed by atoms with Crippen LogP contribution in [0.15, 0.2) is 29.2 Å². The molecule has 1 atom stereocenters. The quantitative estimate of drug-likeness (QED) is 0.694. The summed E-state index contributed by atoms with van der Waals surface area (Å²) in [6.07, 6.45) is 4.42. The molecule has 0 aliphatic carbocycles. The number of likely N-dealkylation sites (tertiary alicyclic amines) is 1. The Balaban J connectivity index is 0.00000243. The zero-order valence-corrected chi connectivity index (χ0v) is 16.7. The number of amides is 2. The lowest BCUT2D eigenvalue weighted by Crippen LogP contribution is -2.29. The summed E-state index contributed by atoms with van der Waals surface area (Å²) in [4.78, 5) is 27.5. The highest BCUT2D eigenvalue weighted by Crippen LogP contribution is 2.24. The maximum Gasteiger partial charge on any atom is 0.252 e. The van der Waals surface area contributed by atoms with Crippen molar-refractivity contribution in [2.75, 3.05) is 38.5 Å². The zero-order chi connectivity index (χ0) is 17.5. The number of hydrogen-bond acceptors (Lipinski definition) is 4. The van der Waals surface area contributed by atoms with Crippen molar-refractivity contribution in [1.82, 2.24) is 15.5 Å². The highest BCUT2D eigenvalue weighted by atomic mass is 35.5. The van der Waals surface area contributed by atoms with Crippen molar-refractivity contribution in [1.29, 1.82) is 0 Å². The lowest BCUT2D eigenvalue weighted by atomic mass is 10.1. The van der Waals surface area contributed by atoms with Gasteiger partial charge in [0, 0.05) is 24.5 Å². The fourth-order valence-electron chi connectivity index (χ4n) is 3.42. The van der Waals surface area contributed by atoms with Gasteiger partial charge in [0.1, 0.15) is 0 Å². The number of nitrogens with zero attached hydrogens (tertiary/aromatic N) is 1. The van der Waals surface area contributed by atoms with Crippen LogP contribution >= 0.6 is 24.2 Å². The van der Waals surface area contributed by atoms with Gasteiger partial charge in [-0.2, -0.15) is 0 Å². The van der Waals surface area contributed by atoms with Crippen molar-refractivity contribution in [2.45, 2.75) is 30.6 Å². The Hall–Kier alpha value is -1.24. The van der Waals surface area contributed by atoms with Crippen LogP contribution in [0, 0.1) is 5.92 Å². The predicted molar refractivity (Wildman–Crippen MR) is 108 cm³/mol. The first-order valence-electron chi connectivity index (χ1n) is 9.22. The number of halogens is 1. The first-order valence-corrected chi connectivity index (χ1v) is 10.2. The second-order valence-corrected chi connectivity index (χ2v) is 7.79. The van der Waals surface area contributed by atoms with Crippen LogP contribution in [0.25, 0.3) is 0 Å². The first kappa shape index (κ1) is 21.1. The molecular formula is C19H28ClN3O2S. The van der Waals surface area contributed by atoms with Crippen LogP contribution in [-0.2, 0) is 4.79 Å². The number of carbonyl (C=O) groups is 2.